The van der Waals surface area contributed by atoms with E-state index in [1.165, 1.54) is 56.1 Å². The van der Waals surface area contributed by atoms with Crippen LogP contribution in [-0.4, -0.2) is 43.4 Å². The molecule has 0 aromatic heterocycles. The molecule has 1 N–H and O–H groups in total. The Morgan fingerprint density at radius 2 is 1.71 bits per heavy atom. The fourth-order valence-electron chi connectivity index (χ4n) is 5.33. The number of ether oxygens (including phenoxy) is 1. The minimum atomic E-state index is -0.678. The van der Waals surface area contributed by atoms with Gasteiger partial charge in [-0.15, -0.1) is 0 Å². The van der Waals surface area contributed by atoms with Gasteiger partial charge in [-0.2, -0.15) is 0 Å². The quantitative estimate of drug-likeness (QED) is 0.653. The number of hydrogen-bond donors (Lipinski definition) is 1. The average molecular weight is 386 g/mol. The summed E-state index contributed by atoms with van der Waals surface area (Å²) in [7, 11) is 5.98. The third-order valence-corrected chi connectivity index (χ3v) is 6.85. The summed E-state index contributed by atoms with van der Waals surface area (Å²) in [6.45, 7) is 0.961. The molecule has 3 heteroatoms. The lowest BCUT2D eigenvalue weighted by Crippen LogP contribution is -2.45. The van der Waals surface area contributed by atoms with E-state index in [-0.39, 0.29) is 0 Å². The van der Waals surface area contributed by atoms with Crippen molar-refractivity contribution in [2.24, 2.45) is 11.8 Å². The van der Waals surface area contributed by atoms with E-state index < -0.39 is 5.60 Å². The zero-order valence-corrected chi connectivity index (χ0v) is 18.1. The summed E-state index contributed by atoms with van der Waals surface area (Å²) in [5.74, 6) is 1.86. The molecule has 0 saturated heterocycles. The zero-order chi connectivity index (χ0) is 20.0. The second-order valence-corrected chi connectivity index (χ2v) is 9.28. The molecule has 0 aliphatic heterocycles. The minimum absolute atomic E-state index is 0.316. The fourth-order valence-corrected chi connectivity index (χ4v) is 5.33. The van der Waals surface area contributed by atoms with Crippen LogP contribution < -0.4 is 4.74 Å². The number of methoxy groups -OCH3 is 1. The molecule has 0 bridgehead atoms. The second kappa shape index (κ2) is 9.93. The van der Waals surface area contributed by atoms with Crippen LogP contribution in [-0.2, 0) is 0 Å². The van der Waals surface area contributed by atoms with Crippen LogP contribution in [0.25, 0.3) is 6.08 Å². The molecule has 0 heterocycles. The average Bonchev–Trinajstić information content (AvgIpc) is 2.83. The number of rotatable bonds is 6. The molecule has 1 aromatic rings. The van der Waals surface area contributed by atoms with Gasteiger partial charge in [0.15, 0.2) is 0 Å². The lowest BCUT2D eigenvalue weighted by Gasteiger charge is -2.41. The standard InChI is InChI=1S/C25H39NO2/c1-26(2)19-23-12-8-7-11-22(17-20-13-15-24(28-3)16-14-20)25(23,27)18-21-9-5-4-6-10-21/h13-17,21,23,27H,4-12,18-19H2,1-3H3. The van der Waals surface area contributed by atoms with E-state index >= 15 is 0 Å². The van der Waals surface area contributed by atoms with E-state index in [1.54, 1.807) is 7.11 Å². The van der Waals surface area contributed by atoms with E-state index in [0.717, 1.165) is 31.6 Å². The lowest BCUT2D eigenvalue weighted by atomic mass is 9.70. The summed E-state index contributed by atoms with van der Waals surface area (Å²) in [6, 6.07) is 8.25. The summed E-state index contributed by atoms with van der Waals surface area (Å²) < 4.78 is 5.31. The SMILES string of the molecule is COc1ccc(C=C2CCCCC(CN(C)C)C2(O)CC2CCCCC2)cc1. The number of benzene rings is 1. The van der Waals surface area contributed by atoms with Crippen molar-refractivity contribution in [2.45, 2.75) is 69.8 Å². The van der Waals surface area contributed by atoms with Crippen molar-refractivity contribution in [3.8, 4) is 5.75 Å². The van der Waals surface area contributed by atoms with E-state index in [9.17, 15) is 5.11 Å². The van der Waals surface area contributed by atoms with Gasteiger partial charge in [-0.1, -0.05) is 56.7 Å². The normalized spacial score (nSPS) is 28.5. The van der Waals surface area contributed by atoms with Crippen LogP contribution in [0.5, 0.6) is 5.75 Å². The predicted molar refractivity (Wildman–Crippen MR) is 118 cm³/mol. The Morgan fingerprint density at radius 3 is 2.36 bits per heavy atom. The number of hydrogen-bond acceptors (Lipinski definition) is 3. The summed E-state index contributed by atoms with van der Waals surface area (Å²) in [6.07, 6.45) is 14.3. The molecule has 156 valence electrons. The Morgan fingerprint density at radius 1 is 1.04 bits per heavy atom. The summed E-state index contributed by atoms with van der Waals surface area (Å²) in [4.78, 5) is 2.26. The molecule has 0 amide bonds. The summed E-state index contributed by atoms with van der Waals surface area (Å²) in [5, 5.41) is 12.2. The van der Waals surface area contributed by atoms with Crippen LogP contribution in [0.1, 0.15) is 69.8 Å². The highest BCUT2D eigenvalue weighted by Gasteiger charge is 2.42. The van der Waals surface area contributed by atoms with Gasteiger partial charge in [0.2, 0.25) is 0 Å². The van der Waals surface area contributed by atoms with Crippen LogP contribution in [0.2, 0.25) is 0 Å². The van der Waals surface area contributed by atoms with Gasteiger partial charge in [-0.3, -0.25) is 0 Å². The molecule has 3 nitrogen and oxygen atoms in total. The van der Waals surface area contributed by atoms with Gasteiger partial charge in [-0.05, 0) is 69.0 Å². The van der Waals surface area contributed by atoms with Gasteiger partial charge in [0.1, 0.15) is 5.75 Å². The van der Waals surface area contributed by atoms with Gasteiger partial charge in [-0.25, -0.2) is 0 Å². The Kier molecular flexibility index (Phi) is 7.59. The van der Waals surface area contributed by atoms with Crippen LogP contribution in [0, 0.1) is 11.8 Å². The van der Waals surface area contributed by atoms with Gasteiger partial charge in [0.25, 0.3) is 0 Å². The second-order valence-electron chi connectivity index (χ2n) is 9.28. The van der Waals surface area contributed by atoms with Crippen LogP contribution in [0.4, 0.5) is 0 Å². The Hall–Kier alpha value is -1.32. The highest BCUT2D eigenvalue weighted by Crippen LogP contribution is 2.44. The molecular weight excluding hydrogens is 346 g/mol. The fraction of sp³-hybridized carbons (Fsp3) is 0.680. The molecule has 3 rings (SSSR count). The van der Waals surface area contributed by atoms with Crippen molar-refractivity contribution >= 4 is 6.08 Å². The van der Waals surface area contributed by atoms with Crippen molar-refractivity contribution in [1.82, 2.24) is 4.90 Å². The first-order valence-corrected chi connectivity index (χ1v) is 11.2. The topological polar surface area (TPSA) is 32.7 Å². The molecule has 2 aliphatic rings. The van der Waals surface area contributed by atoms with Crippen molar-refractivity contribution in [3.63, 3.8) is 0 Å². The first-order chi connectivity index (χ1) is 13.5. The highest BCUT2D eigenvalue weighted by molar-refractivity contribution is 5.56. The predicted octanol–water partition coefficient (Wildman–Crippen LogP) is 5.53. The van der Waals surface area contributed by atoms with Crippen molar-refractivity contribution in [1.29, 1.82) is 0 Å². The van der Waals surface area contributed by atoms with E-state index in [2.05, 4.69) is 37.2 Å². The Bertz CT molecular complexity index is 630. The van der Waals surface area contributed by atoms with Gasteiger partial charge >= 0.3 is 0 Å². The maximum absolute atomic E-state index is 12.2. The molecule has 1 aromatic carbocycles. The Labute approximate surface area is 171 Å². The smallest absolute Gasteiger partial charge is 0.118 e. The largest absolute Gasteiger partial charge is 0.497 e. The van der Waals surface area contributed by atoms with E-state index in [4.69, 9.17) is 4.74 Å². The maximum atomic E-state index is 12.2. The monoisotopic (exact) mass is 385 g/mol. The third-order valence-electron chi connectivity index (χ3n) is 6.85. The highest BCUT2D eigenvalue weighted by atomic mass is 16.5. The van der Waals surface area contributed by atoms with Gasteiger partial charge < -0.3 is 14.7 Å². The van der Waals surface area contributed by atoms with E-state index in [1.807, 2.05) is 12.1 Å². The number of aliphatic hydroxyl groups is 1. The summed E-state index contributed by atoms with van der Waals surface area (Å²) in [5.41, 5.74) is 1.75. The van der Waals surface area contributed by atoms with E-state index in [0.29, 0.717) is 11.8 Å². The molecule has 0 radical (unpaired) electrons. The minimum Gasteiger partial charge on any atom is -0.497 e. The zero-order valence-electron chi connectivity index (χ0n) is 18.1. The maximum Gasteiger partial charge on any atom is 0.118 e. The van der Waals surface area contributed by atoms with Gasteiger partial charge in [0, 0.05) is 12.5 Å². The third kappa shape index (κ3) is 5.39. The summed E-state index contributed by atoms with van der Waals surface area (Å²) >= 11 is 0. The first kappa shape index (κ1) is 21.4. The lowest BCUT2D eigenvalue weighted by molar-refractivity contribution is -0.0194. The molecule has 2 saturated carbocycles. The molecule has 2 fully saturated rings. The molecule has 0 spiro atoms. The molecular formula is C25H39NO2. The van der Waals surface area contributed by atoms with Gasteiger partial charge in [0.05, 0.1) is 12.7 Å². The van der Waals surface area contributed by atoms with Crippen molar-refractivity contribution < 1.29 is 9.84 Å². The molecule has 2 aliphatic carbocycles. The number of nitrogens with zero attached hydrogens (tertiary/aromatic N) is 1. The molecule has 2 unspecified atom stereocenters. The van der Waals surface area contributed by atoms with Crippen LogP contribution in [0.15, 0.2) is 29.8 Å². The Balaban J connectivity index is 1.92. The van der Waals surface area contributed by atoms with Crippen molar-refractivity contribution in [2.75, 3.05) is 27.7 Å². The van der Waals surface area contributed by atoms with Crippen LogP contribution in [0.3, 0.4) is 0 Å². The van der Waals surface area contributed by atoms with Crippen molar-refractivity contribution in [3.05, 3.63) is 35.4 Å². The van der Waals surface area contributed by atoms with Crippen LogP contribution >= 0.6 is 0 Å². The molecule has 28 heavy (non-hydrogen) atoms. The molecule has 2 atom stereocenters. The first-order valence-electron chi connectivity index (χ1n) is 11.2.